The molecule has 0 unspecified atom stereocenters. The van der Waals surface area contributed by atoms with Gasteiger partial charge in [-0.1, -0.05) is 6.07 Å². The monoisotopic (exact) mass is 348 g/mol. The van der Waals surface area contributed by atoms with Gasteiger partial charge in [-0.25, -0.2) is 18.2 Å². The molecular formula is C12H11F3N4O3S. The largest absolute Gasteiger partial charge is 0.435 e. The molecule has 7 nitrogen and oxygen atoms in total. The summed E-state index contributed by atoms with van der Waals surface area (Å²) in [4.78, 5) is 10.4. The number of nitrogens with two attached hydrogens (primary N) is 2. The minimum atomic E-state index is -4.67. The molecule has 0 aliphatic rings. The molecule has 0 spiro atoms. The van der Waals surface area contributed by atoms with E-state index in [1.165, 1.54) is 12.1 Å². The molecule has 0 fully saturated rings. The van der Waals surface area contributed by atoms with Crippen molar-refractivity contribution in [3.8, 4) is 5.69 Å². The number of rotatable bonds is 4. The fraction of sp³-hybridized carbons (Fsp3) is 0.167. The first kappa shape index (κ1) is 17.0. The average Bonchev–Trinajstić information content (AvgIpc) is 2.86. The Morgan fingerprint density at radius 2 is 1.91 bits per heavy atom. The zero-order valence-corrected chi connectivity index (χ0v) is 12.2. The van der Waals surface area contributed by atoms with Crippen LogP contribution in [-0.2, 0) is 27.4 Å². The van der Waals surface area contributed by atoms with Crippen LogP contribution in [0.5, 0.6) is 0 Å². The number of sulfonamides is 1. The van der Waals surface area contributed by atoms with Crippen LogP contribution in [0.4, 0.5) is 13.2 Å². The van der Waals surface area contributed by atoms with Crippen LogP contribution in [0, 0.1) is 0 Å². The van der Waals surface area contributed by atoms with Crippen molar-refractivity contribution in [2.24, 2.45) is 10.9 Å². The molecule has 0 bridgehead atoms. The molecule has 2 rings (SSSR count). The lowest BCUT2D eigenvalue weighted by atomic mass is 10.1. The van der Waals surface area contributed by atoms with Crippen molar-refractivity contribution in [2.75, 3.05) is 0 Å². The van der Waals surface area contributed by atoms with Crippen molar-refractivity contribution in [2.45, 2.75) is 17.5 Å². The van der Waals surface area contributed by atoms with Crippen molar-refractivity contribution >= 4 is 15.9 Å². The van der Waals surface area contributed by atoms with Crippen LogP contribution in [0.3, 0.4) is 0 Å². The number of hydrogen-bond donors (Lipinski definition) is 2. The van der Waals surface area contributed by atoms with Gasteiger partial charge in [0.1, 0.15) is 4.90 Å². The van der Waals surface area contributed by atoms with Crippen LogP contribution in [0.1, 0.15) is 11.3 Å². The van der Waals surface area contributed by atoms with Gasteiger partial charge in [-0.05, 0) is 23.8 Å². The van der Waals surface area contributed by atoms with Gasteiger partial charge in [0, 0.05) is 6.20 Å². The fourth-order valence-corrected chi connectivity index (χ4v) is 2.66. The Bertz CT molecular complexity index is 859. The summed E-state index contributed by atoms with van der Waals surface area (Å²) in [5, 5.41) is 8.38. The number of halogens is 3. The Labute approximate surface area is 128 Å². The number of benzene rings is 1. The Morgan fingerprint density at radius 3 is 2.39 bits per heavy atom. The van der Waals surface area contributed by atoms with Crippen LogP contribution in [0.25, 0.3) is 5.69 Å². The molecule has 1 aromatic heterocycles. The van der Waals surface area contributed by atoms with Crippen molar-refractivity contribution in [1.29, 1.82) is 0 Å². The summed E-state index contributed by atoms with van der Waals surface area (Å²) in [5.74, 6) is -0.698. The molecule has 0 atom stereocenters. The van der Waals surface area contributed by atoms with Crippen LogP contribution in [-0.4, -0.2) is 24.1 Å². The SMILES string of the molecule is NC(=O)Cc1ccc(-n2ccc(C(F)(F)F)n2)c(S(N)(=O)=O)c1. The Hall–Kier alpha value is -2.40. The minimum Gasteiger partial charge on any atom is -0.369 e. The molecule has 4 N–H and O–H groups in total. The Kier molecular flexibility index (Phi) is 4.18. The number of nitrogens with zero attached hydrogens (tertiary/aromatic N) is 2. The van der Waals surface area contributed by atoms with E-state index in [1.807, 2.05) is 0 Å². The zero-order valence-electron chi connectivity index (χ0n) is 11.4. The van der Waals surface area contributed by atoms with Crippen LogP contribution in [0.15, 0.2) is 35.4 Å². The Balaban J connectivity index is 2.58. The highest BCUT2D eigenvalue weighted by atomic mass is 32.2. The van der Waals surface area contributed by atoms with Gasteiger partial charge in [-0.2, -0.15) is 18.3 Å². The molecule has 0 saturated carbocycles. The van der Waals surface area contributed by atoms with E-state index < -0.39 is 32.7 Å². The molecule has 0 aliphatic heterocycles. The summed E-state index contributed by atoms with van der Waals surface area (Å²) in [6, 6.07) is 4.32. The van der Waals surface area contributed by atoms with Crippen LogP contribution < -0.4 is 10.9 Å². The smallest absolute Gasteiger partial charge is 0.369 e. The van der Waals surface area contributed by atoms with Gasteiger partial charge < -0.3 is 5.73 Å². The van der Waals surface area contributed by atoms with Gasteiger partial charge in [0.15, 0.2) is 5.69 Å². The molecule has 1 amide bonds. The maximum atomic E-state index is 12.6. The number of primary sulfonamides is 1. The van der Waals surface area contributed by atoms with Crippen molar-refractivity contribution in [3.05, 3.63) is 41.7 Å². The minimum absolute atomic E-state index is 0.170. The van der Waals surface area contributed by atoms with Crippen LogP contribution in [0.2, 0.25) is 0 Å². The van der Waals surface area contributed by atoms with E-state index in [0.717, 1.165) is 16.9 Å². The second-order valence-corrected chi connectivity index (χ2v) is 6.16. The number of hydrogen-bond acceptors (Lipinski definition) is 4. The summed E-state index contributed by atoms with van der Waals surface area (Å²) in [6.07, 6.45) is -3.95. The number of amides is 1. The summed E-state index contributed by atoms with van der Waals surface area (Å²) >= 11 is 0. The maximum absolute atomic E-state index is 12.6. The average molecular weight is 348 g/mol. The van der Waals surface area contributed by atoms with Gasteiger partial charge in [0.05, 0.1) is 12.1 Å². The summed E-state index contributed by atoms with van der Waals surface area (Å²) in [5.41, 5.74) is 3.93. The number of alkyl halides is 3. The number of primary amides is 1. The Morgan fingerprint density at radius 1 is 1.26 bits per heavy atom. The summed E-state index contributed by atoms with van der Waals surface area (Å²) in [6.45, 7) is 0. The van der Waals surface area contributed by atoms with E-state index in [1.54, 1.807) is 0 Å². The lowest BCUT2D eigenvalue weighted by Crippen LogP contribution is -2.18. The topological polar surface area (TPSA) is 121 Å². The first-order valence-electron chi connectivity index (χ1n) is 6.06. The van der Waals surface area contributed by atoms with Gasteiger partial charge in [-0.15, -0.1) is 0 Å². The molecule has 1 aromatic carbocycles. The number of carbonyl (C=O) groups is 1. The second kappa shape index (κ2) is 5.66. The van der Waals surface area contributed by atoms with Gasteiger partial charge >= 0.3 is 6.18 Å². The molecule has 0 radical (unpaired) electrons. The summed E-state index contributed by atoms with van der Waals surface area (Å²) < 4.78 is 61.8. The lowest BCUT2D eigenvalue weighted by molar-refractivity contribution is -0.141. The second-order valence-electron chi connectivity index (χ2n) is 4.63. The molecule has 23 heavy (non-hydrogen) atoms. The molecule has 11 heteroatoms. The van der Waals surface area contributed by atoms with Crippen molar-refractivity contribution in [3.63, 3.8) is 0 Å². The fourth-order valence-electron chi connectivity index (χ4n) is 1.90. The quantitative estimate of drug-likeness (QED) is 0.839. The first-order valence-corrected chi connectivity index (χ1v) is 7.60. The maximum Gasteiger partial charge on any atom is 0.435 e. The van der Waals surface area contributed by atoms with Gasteiger partial charge in [0.2, 0.25) is 15.9 Å². The predicted molar refractivity (Wildman–Crippen MR) is 72.8 cm³/mol. The molecular weight excluding hydrogens is 337 g/mol. The summed E-state index contributed by atoms with van der Waals surface area (Å²) in [7, 11) is -4.26. The van der Waals surface area contributed by atoms with Crippen LogP contribution >= 0.6 is 0 Å². The van der Waals surface area contributed by atoms with E-state index in [2.05, 4.69) is 5.10 Å². The molecule has 1 heterocycles. The number of aromatic nitrogens is 2. The van der Waals surface area contributed by atoms with E-state index in [9.17, 15) is 26.4 Å². The highest BCUT2D eigenvalue weighted by molar-refractivity contribution is 7.89. The molecule has 2 aromatic rings. The first-order chi connectivity index (χ1) is 10.5. The van der Waals surface area contributed by atoms with E-state index in [4.69, 9.17) is 10.9 Å². The molecule has 0 saturated heterocycles. The van der Waals surface area contributed by atoms with E-state index in [0.29, 0.717) is 6.07 Å². The zero-order chi connectivity index (χ0) is 17.4. The predicted octanol–water partition coefficient (Wildman–Crippen LogP) is 0.566. The third kappa shape index (κ3) is 3.87. The van der Waals surface area contributed by atoms with E-state index in [-0.39, 0.29) is 17.7 Å². The number of carbonyl (C=O) groups excluding carboxylic acids is 1. The lowest BCUT2D eigenvalue weighted by Gasteiger charge is -2.10. The van der Waals surface area contributed by atoms with Crippen molar-refractivity contribution < 1.29 is 26.4 Å². The third-order valence-corrected chi connectivity index (χ3v) is 3.78. The normalized spacial score (nSPS) is 12.3. The molecule has 0 aliphatic carbocycles. The highest BCUT2D eigenvalue weighted by Gasteiger charge is 2.34. The van der Waals surface area contributed by atoms with Crippen molar-refractivity contribution in [1.82, 2.24) is 9.78 Å². The third-order valence-electron chi connectivity index (χ3n) is 2.84. The van der Waals surface area contributed by atoms with Gasteiger partial charge in [-0.3, -0.25) is 4.79 Å². The van der Waals surface area contributed by atoms with E-state index >= 15 is 0 Å². The molecule has 124 valence electrons. The highest BCUT2D eigenvalue weighted by Crippen LogP contribution is 2.29. The van der Waals surface area contributed by atoms with Gasteiger partial charge in [0.25, 0.3) is 0 Å². The standard InChI is InChI=1S/C12H11F3N4O3S/c13-12(14,15)10-3-4-19(18-10)8-2-1-7(6-11(16)20)5-9(8)23(17,21)22/h1-5H,6H2,(H2,16,20)(H2,17,21,22).